The number of hydrogen-bond acceptors (Lipinski definition) is 4. The smallest absolute Gasteiger partial charge is 0.0789 e. The molecule has 2 atom stereocenters. The first-order valence-corrected chi connectivity index (χ1v) is 5.98. The number of rotatable bonds is 4. The van der Waals surface area contributed by atoms with Gasteiger partial charge in [0.25, 0.3) is 0 Å². The van der Waals surface area contributed by atoms with Crippen LogP contribution in [0, 0.1) is 0 Å². The maximum absolute atomic E-state index is 9.60. The Labute approximate surface area is 93.0 Å². The Morgan fingerprint density at radius 2 is 2.20 bits per heavy atom. The Kier molecular flexibility index (Phi) is 5.53. The second kappa shape index (κ2) is 6.43. The molecule has 3 N–H and O–H groups in total. The van der Waals surface area contributed by atoms with Gasteiger partial charge < -0.3 is 15.7 Å². The SMILES string of the molecule is CCC1CN(C)CCCN1CC(O)CN. The van der Waals surface area contributed by atoms with Crippen molar-refractivity contribution in [2.75, 3.05) is 39.8 Å². The summed E-state index contributed by atoms with van der Waals surface area (Å²) in [4.78, 5) is 4.77. The molecule has 1 fully saturated rings. The van der Waals surface area contributed by atoms with Crippen LogP contribution in [0.3, 0.4) is 0 Å². The maximum Gasteiger partial charge on any atom is 0.0789 e. The minimum Gasteiger partial charge on any atom is -0.390 e. The number of aliphatic hydroxyl groups is 1. The van der Waals surface area contributed by atoms with Gasteiger partial charge >= 0.3 is 0 Å². The third-order valence-corrected chi connectivity index (χ3v) is 3.21. The highest BCUT2D eigenvalue weighted by atomic mass is 16.3. The van der Waals surface area contributed by atoms with E-state index in [0.29, 0.717) is 12.6 Å². The van der Waals surface area contributed by atoms with Gasteiger partial charge in [0.15, 0.2) is 0 Å². The van der Waals surface area contributed by atoms with Crippen LogP contribution in [-0.4, -0.2) is 66.8 Å². The predicted molar refractivity (Wildman–Crippen MR) is 62.8 cm³/mol. The van der Waals surface area contributed by atoms with Crippen LogP contribution >= 0.6 is 0 Å². The van der Waals surface area contributed by atoms with Crippen molar-refractivity contribution in [1.82, 2.24) is 9.80 Å². The molecule has 0 radical (unpaired) electrons. The van der Waals surface area contributed by atoms with Gasteiger partial charge in [-0.05, 0) is 33.0 Å². The number of nitrogens with two attached hydrogens (primary N) is 1. The van der Waals surface area contributed by atoms with Gasteiger partial charge in [0.05, 0.1) is 6.10 Å². The average molecular weight is 215 g/mol. The predicted octanol–water partition coefficient (Wildman–Crippen LogP) is -0.278. The van der Waals surface area contributed by atoms with Gasteiger partial charge in [-0.1, -0.05) is 6.92 Å². The summed E-state index contributed by atoms with van der Waals surface area (Å²) in [7, 11) is 2.17. The van der Waals surface area contributed by atoms with Crippen LogP contribution in [-0.2, 0) is 0 Å². The molecular weight excluding hydrogens is 190 g/mol. The Morgan fingerprint density at radius 1 is 1.47 bits per heavy atom. The molecule has 0 spiro atoms. The highest BCUT2D eigenvalue weighted by Gasteiger charge is 2.23. The lowest BCUT2D eigenvalue weighted by Gasteiger charge is -2.31. The van der Waals surface area contributed by atoms with Crippen LogP contribution < -0.4 is 5.73 Å². The standard InChI is InChI=1S/C11H25N3O/c1-3-10-8-13(2)5-4-6-14(10)9-11(15)7-12/h10-11,15H,3-9,12H2,1-2H3. The monoisotopic (exact) mass is 215 g/mol. The Hall–Kier alpha value is -0.160. The van der Waals surface area contributed by atoms with Crippen LogP contribution in [0.4, 0.5) is 0 Å². The molecule has 1 saturated heterocycles. The summed E-state index contributed by atoms with van der Waals surface area (Å²) in [6.07, 6.45) is 1.95. The molecule has 1 aliphatic rings. The normalized spacial score (nSPS) is 27.6. The fourth-order valence-corrected chi connectivity index (χ4v) is 2.27. The maximum atomic E-state index is 9.60. The summed E-state index contributed by atoms with van der Waals surface area (Å²) in [6.45, 7) is 6.65. The topological polar surface area (TPSA) is 52.7 Å². The van der Waals surface area contributed by atoms with Crippen molar-refractivity contribution in [3.63, 3.8) is 0 Å². The van der Waals surface area contributed by atoms with Crippen molar-refractivity contribution in [3.05, 3.63) is 0 Å². The molecule has 0 aromatic carbocycles. The lowest BCUT2D eigenvalue weighted by Crippen LogP contribution is -2.45. The van der Waals surface area contributed by atoms with E-state index in [1.165, 1.54) is 6.42 Å². The fraction of sp³-hybridized carbons (Fsp3) is 1.00. The quantitative estimate of drug-likeness (QED) is 0.677. The third-order valence-electron chi connectivity index (χ3n) is 3.21. The molecule has 2 unspecified atom stereocenters. The Balaban J connectivity index is 2.51. The van der Waals surface area contributed by atoms with E-state index >= 15 is 0 Å². The van der Waals surface area contributed by atoms with Gasteiger partial charge in [-0.25, -0.2) is 0 Å². The first-order valence-electron chi connectivity index (χ1n) is 5.98. The third kappa shape index (κ3) is 4.07. The lowest BCUT2D eigenvalue weighted by atomic mass is 10.1. The van der Waals surface area contributed by atoms with E-state index in [1.54, 1.807) is 0 Å². The van der Waals surface area contributed by atoms with Gasteiger partial charge in [-0.15, -0.1) is 0 Å². The fourth-order valence-electron chi connectivity index (χ4n) is 2.27. The summed E-state index contributed by atoms with van der Waals surface area (Å²) < 4.78 is 0. The van der Waals surface area contributed by atoms with Crippen LogP contribution in [0.25, 0.3) is 0 Å². The second-order valence-electron chi connectivity index (χ2n) is 4.56. The number of aliphatic hydroxyl groups excluding tert-OH is 1. The van der Waals surface area contributed by atoms with Crippen molar-refractivity contribution in [2.24, 2.45) is 5.73 Å². The van der Waals surface area contributed by atoms with E-state index in [9.17, 15) is 5.11 Å². The molecule has 1 heterocycles. The van der Waals surface area contributed by atoms with Gasteiger partial charge in [-0.2, -0.15) is 0 Å². The molecule has 1 rings (SSSR count). The zero-order valence-electron chi connectivity index (χ0n) is 10.0. The van der Waals surface area contributed by atoms with E-state index < -0.39 is 0 Å². The number of β-amino-alcohol motifs (C(OH)–C–C–N with tert-alkyl or cyclic N) is 1. The van der Waals surface area contributed by atoms with E-state index in [-0.39, 0.29) is 6.10 Å². The first kappa shape index (κ1) is 12.9. The van der Waals surface area contributed by atoms with Gasteiger partial charge in [-0.3, -0.25) is 4.90 Å². The molecule has 0 aromatic heterocycles. The van der Waals surface area contributed by atoms with Crippen LogP contribution in [0.5, 0.6) is 0 Å². The average Bonchev–Trinajstić information content (AvgIpc) is 2.40. The number of nitrogens with zero attached hydrogens (tertiary/aromatic N) is 2. The largest absolute Gasteiger partial charge is 0.390 e. The second-order valence-corrected chi connectivity index (χ2v) is 4.56. The molecule has 15 heavy (non-hydrogen) atoms. The number of hydrogen-bond donors (Lipinski definition) is 2. The van der Waals surface area contributed by atoms with Crippen molar-refractivity contribution in [2.45, 2.75) is 31.9 Å². The number of likely N-dealkylation sites (N-methyl/N-ethyl adjacent to an activating group) is 1. The molecule has 0 aromatic rings. The molecule has 0 saturated carbocycles. The van der Waals surface area contributed by atoms with Crippen molar-refractivity contribution in [1.29, 1.82) is 0 Å². The molecule has 90 valence electrons. The zero-order valence-corrected chi connectivity index (χ0v) is 10.0. The molecule has 1 aliphatic heterocycles. The highest BCUT2D eigenvalue weighted by molar-refractivity contribution is 4.79. The molecule has 0 amide bonds. The molecule has 0 bridgehead atoms. The van der Waals surface area contributed by atoms with Crippen molar-refractivity contribution >= 4 is 0 Å². The van der Waals surface area contributed by atoms with E-state index in [2.05, 4.69) is 23.8 Å². The summed E-state index contributed by atoms with van der Waals surface area (Å²) in [5.41, 5.74) is 5.46. The summed E-state index contributed by atoms with van der Waals surface area (Å²) in [6, 6.07) is 0.568. The zero-order chi connectivity index (χ0) is 11.3. The van der Waals surface area contributed by atoms with Crippen molar-refractivity contribution < 1.29 is 5.11 Å². The Bertz CT molecular complexity index is 177. The summed E-state index contributed by atoms with van der Waals surface area (Å²) in [5.74, 6) is 0. The molecular formula is C11H25N3O. The Morgan fingerprint density at radius 3 is 2.80 bits per heavy atom. The minimum absolute atomic E-state index is 0.364. The van der Waals surface area contributed by atoms with Gasteiger partial charge in [0.1, 0.15) is 0 Å². The summed E-state index contributed by atoms with van der Waals surface area (Å²) >= 11 is 0. The minimum atomic E-state index is -0.373. The van der Waals surface area contributed by atoms with E-state index in [1.807, 2.05) is 0 Å². The van der Waals surface area contributed by atoms with Gasteiger partial charge in [0.2, 0.25) is 0 Å². The van der Waals surface area contributed by atoms with Crippen LogP contribution in [0.2, 0.25) is 0 Å². The van der Waals surface area contributed by atoms with Gasteiger partial charge in [0, 0.05) is 25.7 Å². The highest BCUT2D eigenvalue weighted by Crippen LogP contribution is 2.12. The van der Waals surface area contributed by atoms with Crippen LogP contribution in [0.1, 0.15) is 19.8 Å². The van der Waals surface area contributed by atoms with Crippen molar-refractivity contribution in [3.8, 4) is 0 Å². The van der Waals surface area contributed by atoms with E-state index in [0.717, 1.165) is 32.6 Å². The lowest BCUT2D eigenvalue weighted by molar-refractivity contribution is 0.0902. The summed E-state index contributed by atoms with van der Waals surface area (Å²) in [5, 5.41) is 9.60. The molecule has 0 aliphatic carbocycles. The molecule has 4 heteroatoms. The van der Waals surface area contributed by atoms with E-state index in [4.69, 9.17) is 5.73 Å². The van der Waals surface area contributed by atoms with Crippen LogP contribution in [0.15, 0.2) is 0 Å². The first-order chi connectivity index (χ1) is 7.17. The molecule has 4 nitrogen and oxygen atoms in total.